The average molecular weight is 271 g/mol. The normalized spacial score (nSPS) is 21.4. The maximum absolute atomic E-state index is 11.8. The van der Waals surface area contributed by atoms with Gasteiger partial charge in [0, 0.05) is 13.1 Å². The molecule has 0 radical (unpaired) electrons. The third-order valence-corrected chi connectivity index (χ3v) is 4.27. The number of nitrogens with two attached hydrogens (primary N) is 1. The van der Waals surface area contributed by atoms with Gasteiger partial charge >= 0.3 is 0 Å². The summed E-state index contributed by atoms with van der Waals surface area (Å²) in [5.41, 5.74) is 5.72. The molecule has 1 rings (SSSR count). The van der Waals surface area contributed by atoms with Gasteiger partial charge in [0.1, 0.15) is 0 Å². The second-order valence-electron chi connectivity index (χ2n) is 4.25. The van der Waals surface area contributed by atoms with Gasteiger partial charge in [0.05, 0.1) is 17.5 Å². The predicted octanol–water partition coefficient (Wildman–Crippen LogP) is -0.351. The molecule has 1 atom stereocenters. The molecule has 5 nitrogen and oxygen atoms in total. The highest BCUT2D eigenvalue weighted by Gasteiger charge is 2.29. The van der Waals surface area contributed by atoms with Crippen LogP contribution in [0.5, 0.6) is 0 Å². The van der Waals surface area contributed by atoms with Gasteiger partial charge in [0.25, 0.3) is 0 Å². The van der Waals surface area contributed by atoms with E-state index in [1.54, 1.807) is 4.90 Å². The topological polar surface area (TPSA) is 80.5 Å². The van der Waals surface area contributed by atoms with Gasteiger partial charge in [-0.3, -0.25) is 4.79 Å². The van der Waals surface area contributed by atoms with E-state index >= 15 is 0 Å². The van der Waals surface area contributed by atoms with Gasteiger partial charge in [-0.2, -0.15) is 0 Å². The van der Waals surface area contributed by atoms with Crippen molar-refractivity contribution in [2.24, 2.45) is 11.7 Å². The van der Waals surface area contributed by atoms with Gasteiger partial charge in [-0.15, -0.1) is 12.4 Å². The van der Waals surface area contributed by atoms with Crippen molar-refractivity contribution in [1.82, 2.24) is 4.90 Å². The largest absolute Gasteiger partial charge is 0.339 e. The minimum Gasteiger partial charge on any atom is -0.339 e. The number of rotatable bonds is 2. The third-order valence-electron chi connectivity index (χ3n) is 2.66. The van der Waals surface area contributed by atoms with Crippen LogP contribution in [0.2, 0.25) is 0 Å². The summed E-state index contributed by atoms with van der Waals surface area (Å²) in [5, 5.41) is 0. The molecule has 0 bridgehead atoms. The molecule has 1 unspecified atom stereocenters. The van der Waals surface area contributed by atoms with Crippen LogP contribution < -0.4 is 5.73 Å². The molecule has 0 aliphatic carbocycles. The highest BCUT2D eigenvalue weighted by molar-refractivity contribution is 7.91. The van der Waals surface area contributed by atoms with Crippen molar-refractivity contribution in [2.45, 2.75) is 19.9 Å². The Kier molecular flexibility index (Phi) is 5.72. The summed E-state index contributed by atoms with van der Waals surface area (Å²) < 4.78 is 22.3. The summed E-state index contributed by atoms with van der Waals surface area (Å²) >= 11 is 0. The lowest BCUT2D eigenvalue weighted by Crippen LogP contribution is -2.51. The number of hydrogen-bond acceptors (Lipinski definition) is 4. The maximum Gasteiger partial charge on any atom is 0.239 e. The van der Waals surface area contributed by atoms with Crippen LogP contribution in [0.15, 0.2) is 0 Å². The second-order valence-corrected chi connectivity index (χ2v) is 6.55. The van der Waals surface area contributed by atoms with E-state index in [9.17, 15) is 13.2 Å². The fourth-order valence-corrected chi connectivity index (χ4v) is 2.63. The average Bonchev–Trinajstić information content (AvgIpc) is 2.15. The molecule has 0 spiro atoms. The molecule has 1 aliphatic rings. The van der Waals surface area contributed by atoms with Crippen molar-refractivity contribution >= 4 is 28.2 Å². The molecule has 16 heavy (non-hydrogen) atoms. The van der Waals surface area contributed by atoms with Crippen molar-refractivity contribution < 1.29 is 13.2 Å². The van der Waals surface area contributed by atoms with Crippen LogP contribution in [-0.4, -0.2) is 49.9 Å². The molecule has 1 saturated heterocycles. The van der Waals surface area contributed by atoms with E-state index in [0.717, 1.165) is 0 Å². The van der Waals surface area contributed by atoms with E-state index in [-0.39, 0.29) is 48.8 Å². The Balaban J connectivity index is 0.00000225. The molecule has 1 fully saturated rings. The third kappa shape index (κ3) is 3.92. The number of nitrogens with zero attached hydrogens (tertiary/aromatic N) is 1. The fraction of sp³-hybridized carbons (Fsp3) is 0.889. The van der Waals surface area contributed by atoms with Crippen LogP contribution in [0.25, 0.3) is 0 Å². The van der Waals surface area contributed by atoms with Crippen LogP contribution in [0.4, 0.5) is 0 Å². The highest BCUT2D eigenvalue weighted by Crippen LogP contribution is 2.08. The smallest absolute Gasteiger partial charge is 0.239 e. The van der Waals surface area contributed by atoms with E-state index in [0.29, 0.717) is 0 Å². The molecule has 2 N–H and O–H groups in total. The van der Waals surface area contributed by atoms with E-state index in [1.807, 2.05) is 13.8 Å². The first-order valence-corrected chi connectivity index (χ1v) is 6.90. The van der Waals surface area contributed by atoms with Gasteiger partial charge in [-0.1, -0.05) is 13.8 Å². The first kappa shape index (κ1) is 15.7. The fourth-order valence-electron chi connectivity index (χ4n) is 1.43. The molecule has 7 heteroatoms. The van der Waals surface area contributed by atoms with Crippen molar-refractivity contribution in [3.05, 3.63) is 0 Å². The standard InChI is InChI=1S/C9H18N2O3S.ClH/c1-7(2)8(10)9(12)11-3-5-15(13,14)6-4-11;/h7-8H,3-6,10H2,1-2H3;1H. The number of carbonyl (C=O) groups is 1. The van der Waals surface area contributed by atoms with Gasteiger partial charge in [0.15, 0.2) is 9.84 Å². The summed E-state index contributed by atoms with van der Waals surface area (Å²) in [4.78, 5) is 13.3. The SMILES string of the molecule is CC(C)C(N)C(=O)N1CCS(=O)(=O)CC1.Cl. The molecule has 0 aromatic heterocycles. The van der Waals surface area contributed by atoms with Gasteiger partial charge in [-0.25, -0.2) is 8.42 Å². The Morgan fingerprint density at radius 3 is 2.06 bits per heavy atom. The number of sulfone groups is 1. The summed E-state index contributed by atoms with van der Waals surface area (Å²) in [6.45, 7) is 4.32. The molecular formula is C9H19ClN2O3S. The summed E-state index contributed by atoms with van der Waals surface area (Å²) in [7, 11) is -2.93. The van der Waals surface area contributed by atoms with Crippen LogP contribution in [0, 0.1) is 5.92 Å². The van der Waals surface area contributed by atoms with E-state index < -0.39 is 15.9 Å². The number of hydrogen-bond donors (Lipinski definition) is 1. The molecule has 1 amide bonds. The summed E-state index contributed by atoms with van der Waals surface area (Å²) in [6.07, 6.45) is 0. The molecule has 1 heterocycles. The first-order valence-electron chi connectivity index (χ1n) is 5.08. The Hall–Kier alpha value is -0.330. The maximum atomic E-state index is 11.8. The van der Waals surface area contributed by atoms with E-state index in [1.165, 1.54) is 0 Å². The van der Waals surface area contributed by atoms with Crippen molar-refractivity contribution in [1.29, 1.82) is 0 Å². The highest BCUT2D eigenvalue weighted by atomic mass is 35.5. The van der Waals surface area contributed by atoms with E-state index in [4.69, 9.17) is 5.73 Å². The summed E-state index contributed by atoms with van der Waals surface area (Å²) in [6, 6.07) is -0.522. The number of halogens is 1. The lowest BCUT2D eigenvalue weighted by Gasteiger charge is -2.30. The zero-order valence-electron chi connectivity index (χ0n) is 9.55. The van der Waals surface area contributed by atoms with Crippen LogP contribution in [-0.2, 0) is 14.6 Å². The minimum absolute atomic E-state index is 0. The Morgan fingerprint density at radius 2 is 1.69 bits per heavy atom. The molecular weight excluding hydrogens is 252 g/mol. The predicted molar refractivity (Wildman–Crippen MR) is 65.3 cm³/mol. The van der Waals surface area contributed by atoms with Crippen LogP contribution in [0.3, 0.4) is 0 Å². The van der Waals surface area contributed by atoms with Crippen molar-refractivity contribution in [3.63, 3.8) is 0 Å². The van der Waals surface area contributed by atoms with Gasteiger partial charge in [0.2, 0.25) is 5.91 Å². The minimum atomic E-state index is -2.93. The van der Waals surface area contributed by atoms with Crippen LogP contribution in [0.1, 0.15) is 13.8 Å². The van der Waals surface area contributed by atoms with Gasteiger partial charge in [-0.05, 0) is 5.92 Å². The van der Waals surface area contributed by atoms with E-state index in [2.05, 4.69) is 0 Å². The quantitative estimate of drug-likeness (QED) is 0.744. The molecule has 0 aromatic rings. The van der Waals surface area contributed by atoms with Crippen molar-refractivity contribution in [2.75, 3.05) is 24.6 Å². The number of carbonyl (C=O) groups excluding carboxylic acids is 1. The Morgan fingerprint density at radius 1 is 1.25 bits per heavy atom. The lowest BCUT2D eigenvalue weighted by atomic mass is 10.0. The number of amides is 1. The molecule has 96 valence electrons. The first-order chi connectivity index (χ1) is 6.83. The Labute approximate surface area is 103 Å². The van der Waals surface area contributed by atoms with Crippen LogP contribution >= 0.6 is 12.4 Å². The molecule has 0 aromatic carbocycles. The Bertz CT molecular complexity index is 329. The second kappa shape index (κ2) is 5.84. The van der Waals surface area contributed by atoms with Crippen molar-refractivity contribution in [3.8, 4) is 0 Å². The summed E-state index contributed by atoms with van der Waals surface area (Å²) in [5.74, 6) is 0.0588. The monoisotopic (exact) mass is 270 g/mol. The molecule has 1 aliphatic heterocycles. The lowest BCUT2D eigenvalue weighted by molar-refractivity contribution is -0.133. The zero-order chi connectivity index (χ0) is 11.6. The zero-order valence-corrected chi connectivity index (χ0v) is 11.2. The van der Waals surface area contributed by atoms with Gasteiger partial charge < -0.3 is 10.6 Å². The molecule has 0 saturated carbocycles.